The highest BCUT2D eigenvalue weighted by Gasteiger charge is 2.44. The van der Waals surface area contributed by atoms with Crippen molar-refractivity contribution < 1.29 is 39.6 Å². The maximum absolute atomic E-state index is 12.7. The molecule has 1 aromatic carbocycles. The van der Waals surface area contributed by atoms with Gasteiger partial charge in [-0.15, -0.1) is 0 Å². The standard InChI is InChI=1S/C14H15F6NO3S/c1-12(2,11(22)21-7-6-13(15,16)17)25(23,24)10-5-3-4-9(8-10)14(18,19)20/h3-5,8H,6-7H2,1-2H3,(H,21,22). The van der Waals surface area contributed by atoms with Gasteiger partial charge < -0.3 is 5.32 Å². The zero-order valence-electron chi connectivity index (χ0n) is 13.1. The van der Waals surface area contributed by atoms with Crippen LogP contribution in [0.3, 0.4) is 0 Å². The minimum absolute atomic E-state index is 0.375. The molecule has 0 unspecified atom stereocenters. The fourth-order valence-electron chi connectivity index (χ4n) is 1.79. The summed E-state index contributed by atoms with van der Waals surface area (Å²) in [6, 6.07) is 2.79. The third-order valence-electron chi connectivity index (χ3n) is 3.38. The minimum atomic E-state index is -4.79. The second-order valence-corrected chi connectivity index (χ2v) is 8.16. The Morgan fingerprint density at radius 3 is 2.12 bits per heavy atom. The predicted octanol–water partition coefficient (Wildman–Crippen LogP) is 3.33. The number of amides is 1. The molecule has 0 radical (unpaired) electrons. The van der Waals surface area contributed by atoms with Crippen molar-refractivity contribution in [1.29, 1.82) is 0 Å². The van der Waals surface area contributed by atoms with Crippen molar-refractivity contribution >= 4 is 15.7 Å². The van der Waals surface area contributed by atoms with E-state index < -0.39 is 56.3 Å². The number of rotatable bonds is 5. The Labute approximate surface area is 140 Å². The summed E-state index contributed by atoms with van der Waals surface area (Å²) in [4.78, 5) is 11.2. The van der Waals surface area contributed by atoms with Gasteiger partial charge in [0.05, 0.1) is 16.9 Å². The van der Waals surface area contributed by atoms with Gasteiger partial charge in [0.1, 0.15) is 4.75 Å². The van der Waals surface area contributed by atoms with E-state index in [4.69, 9.17) is 0 Å². The molecule has 0 aromatic heterocycles. The smallest absolute Gasteiger partial charge is 0.354 e. The third-order valence-corrected chi connectivity index (χ3v) is 5.79. The number of carbonyl (C=O) groups is 1. The highest BCUT2D eigenvalue weighted by Crippen LogP contribution is 2.33. The molecule has 142 valence electrons. The van der Waals surface area contributed by atoms with E-state index in [9.17, 15) is 39.6 Å². The molecule has 11 heteroatoms. The van der Waals surface area contributed by atoms with Crippen LogP contribution in [0.15, 0.2) is 29.2 Å². The topological polar surface area (TPSA) is 63.2 Å². The molecule has 0 saturated carbocycles. The first kappa shape index (κ1) is 21.3. The summed E-state index contributed by atoms with van der Waals surface area (Å²) >= 11 is 0. The highest BCUT2D eigenvalue weighted by molar-refractivity contribution is 7.93. The van der Waals surface area contributed by atoms with Crippen LogP contribution in [0.4, 0.5) is 26.3 Å². The van der Waals surface area contributed by atoms with Crippen LogP contribution in [-0.4, -0.2) is 31.8 Å². The molecule has 0 aliphatic rings. The molecule has 25 heavy (non-hydrogen) atoms. The van der Waals surface area contributed by atoms with Gasteiger partial charge in [0.25, 0.3) is 0 Å². The molecule has 1 N–H and O–H groups in total. The fraction of sp³-hybridized carbons (Fsp3) is 0.500. The molecule has 0 fully saturated rings. The number of carbonyl (C=O) groups excluding carboxylic acids is 1. The molecule has 1 rings (SSSR count). The molecule has 0 heterocycles. The number of benzene rings is 1. The van der Waals surface area contributed by atoms with Crippen molar-refractivity contribution in [2.45, 2.75) is 42.3 Å². The molecular formula is C14H15F6NO3S. The van der Waals surface area contributed by atoms with Crippen molar-refractivity contribution in [2.24, 2.45) is 0 Å². The van der Waals surface area contributed by atoms with Crippen LogP contribution in [0.2, 0.25) is 0 Å². The number of hydrogen-bond donors (Lipinski definition) is 1. The van der Waals surface area contributed by atoms with Crippen LogP contribution in [0.25, 0.3) is 0 Å². The van der Waals surface area contributed by atoms with Crippen LogP contribution >= 0.6 is 0 Å². The molecule has 0 spiro atoms. The van der Waals surface area contributed by atoms with Crippen molar-refractivity contribution in [2.75, 3.05) is 6.54 Å². The van der Waals surface area contributed by atoms with Crippen LogP contribution in [0.1, 0.15) is 25.8 Å². The Bertz CT molecular complexity index is 738. The summed E-state index contributed by atoms with van der Waals surface area (Å²) in [5.41, 5.74) is -1.22. The second-order valence-electron chi connectivity index (χ2n) is 5.66. The number of hydrogen-bond acceptors (Lipinski definition) is 3. The summed E-state index contributed by atoms with van der Waals surface area (Å²) < 4.78 is 97.1. The van der Waals surface area contributed by atoms with Crippen LogP contribution in [0.5, 0.6) is 0 Å². The molecule has 0 atom stereocenters. The van der Waals surface area contributed by atoms with E-state index in [1.54, 1.807) is 0 Å². The molecule has 0 bridgehead atoms. The van der Waals surface area contributed by atoms with Crippen molar-refractivity contribution in [3.63, 3.8) is 0 Å². The zero-order valence-corrected chi connectivity index (χ0v) is 13.9. The molecular weight excluding hydrogens is 376 g/mol. The quantitative estimate of drug-likeness (QED) is 0.784. The van der Waals surface area contributed by atoms with Gasteiger partial charge in [0.2, 0.25) is 5.91 Å². The molecule has 0 aliphatic heterocycles. The van der Waals surface area contributed by atoms with Crippen LogP contribution < -0.4 is 5.32 Å². The van der Waals surface area contributed by atoms with Crippen LogP contribution in [-0.2, 0) is 20.8 Å². The Morgan fingerprint density at radius 2 is 1.64 bits per heavy atom. The lowest BCUT2D eigenvalue weighted by Gasteiger charge is -2.24. The van der Waals surface area contributed by atoms with Gasteiger partial charge >= 0.3 is 12.4 Å². The summed E-state index contributed by atoms with van der Waals surface area (Å²) in [5, 5.41) is 1.84. The van der Waals surface area contributed by atoms with E-state index in [0.717, 1.165) is 26.0 Å². The van der Waals surface area contributed by atoms with E-state index in [2.05, 4.69) is 0 Å². The molecule has 0 saturated heterocycles. The molecule has 0 aliphatic carbocycles. The first-order chi connectivity index (χ1) is 11.1. The van der Waals surface area contributed by atoms with Gasteiger partial charge in [0, 0.05) is 6.54 Å². The summed E-state index contributed by atoms with van der Waals surface area (Å²) in [6.45, 7) is 0.973. The molecule has 4 nitrogen and oxygen atoms in total. The third kappa shape index (κ3) is 5.10. The van der Waals surface area contributed by atoms with Gasteiger partial charge in [-0.2, -0.15) is 26.3 Å². The number of halogens is 6. The first-order valence-electron chi connectivity index (χ1n) is 6.86. The van der Waals surface area contributed by atoms with Crippen molar-refractivity contribution in [3.05, 3.63) is 29.8 Å². The lowest BCUT2D eigenvalue weighted by atomic mass is 10.2. The van der Waals surface area contributed by atoms with E-state index >= 15 is 0 Å². The predicted molar refractivity (Wildman–Crippen MR) is 76.4 cm³/mol. The number of alkyl halides is 6. The largest absolute Gasteiger partial charge is 0.416 e. The zero-order chi connectivity index (χ0) is 19.7. The van der Waals surface area contributed by atoms with Gasteiger partial charge in [-0.1, -0.05) is 6.07 Å². The van der Waals surface area contributed by atoms with Crippen molar-refractivity contribution in [3.8, 4) is 0 Å². The molecule has 1 aromatic rings. The Hall–Kier alpha value is -1.78. The normalized spacial score (nSPS) is 13.6. The fourth-order valence-corrected chi connectivity index (χ4v) is 3.23. The van der Waals surface area contributed by atoms with Gasteiger partial charge in [-0.05, 0) is 32.0 Å². The monoisotopic (exact) mass is 391 g/mol. The van der Waals surface area contributed by atoms with Gasteiger partial charge in [-0.3, -0.25) is 4.79 Å². The van der Waals surface area contributed by atoms with E-state index in [0.29, 0.717) is 12.1 Å². The summed E-state index contributed by atoms with van der Waals surface area (Å²) in [5.74, 6) is -1.24. The highest BCUT2D eigenvalue weighted by atomic mass is 32.2. The van der Waals surface area contributed by atoms with E-state index in [-0.39, 0.29) is 0 Å². The van der Waals surface area contributed by atoms with Crippen molar-refractivity contribution in [1.82, 2.24) is 5.32 Å². The SMILES string of the molecule is CC(C)(C(=O)NCCC(F)(F)F)S(=O)(=O)c1cccc(C(F)(F)F)c1. The maximum Gasteiger partial charge on any atom is 0.416 e. The Balaban J connectivity index is 3.09. The average Bonchev–Trinajstić information content (AvgIpc) is 2.44. The number of nitrogens with one attached hydrogen (secondary N) is 1. The maximum atomic E-state index is 12.7. The first-order valence-corrected chi connectivity index (χ1v) is 8.34. The van der Waals surface area contributed by atoms with E-state index in [1.165, 1.54) is 0 Å². The lowest BCUT2D eigenvalue weighted by Crippen LogP contribution is -2.48. The van der Waals surface area contributed by atoms with Gasteiger partial charge in [0.15, 0.2) is 9.84 Å². The number of sulfone groups is 1. The summed E-state index contributed by atoms with van der Waals surface area (Å²) in [6.07, 6.45) is -10.7. The Kier molecular flexibility index (Phi) is 5.83. The molecule has 1 amide bonds. The minimum Gasteiger partial charge on any atom is -0.354 e. The lowest BCUT2D eigenvalue weighted by molar-refractivity contribution is -0.138. The average molecular weight is 391 g/mol. The van der Waals surface area contributed by atoms with Crippen LogP contribution in [0, 0.1) is 0 Å². The van der Waals surface area contributed by atoms with E-state index in [1.807, 2.05) is 5.32 Å². The second kappa shape index (κ2) is 6.85. The van der Waals surface area contributed by atoms with Gasteiger partial charge in [-0.25, -0.2) is 8.42 Å². The summed E-state index contributed by atoms with van der Waals surface area (Å²) in [7, 11) is -4.58. The Morgan fingerprint density at radius 1 is 1.08 bits per heavy atom.